The van der Waals surface area contributed by atoms with E-state index in [1.807, 2.05) is 12.1 Å². The van der Waals surface area contributed by atoms with Gasteiger partial charge in [-0.1, -0.05) is 17.7 Å². The lowest BCUT2D eigenvalue weighted by atomic mass is 10.1. The predicted molar refractivity (Wildman–Crippen MR) is 101 cm³/mol. The van der Waals surface area contributed by atoms with Crippen LogP contribution in [0, 0.1) is 0 Å². The van der Waals surface area contributed by atoms with Gasteiger partial charge in [0.2, 0.25) is 0 Å². The summed E-state index contributed by atoms with van der Waals surface area (Å²) in [6.45, 7) is 1.14. The molecule has 0 spiro atoms. The highest BCUT2D eigenvalue weighted by atomic mass is 35.5. The molecule has 1 aliphatic heterocycles. The zero-order chi connectivity index (χ0) is 18.7. The van der Waals surface area contributed by atoms with Gasteiger partial charge in [-0.15, -0.1) is 0 Å². The van der Waals surface area contributed by atoms with Crippen LogP contribution in [-0.2, 0) is 9.84 Å². The third kappa shape index (κ3) is 4.56. The topological polar surface area (TPSA) is 63.7 Å². The number of piperidine rings is 1. The maximum absolute atomic E-state index is 12.7. The lowest BCUT2D eigenvalue weighted by Crippen LogP contribution is -2.41. The summed E-state index contributed by atoms with van der Waals surface area (Å²) in [6.07, 6.45) is 2.62. The highest BCUT2D eigenvalue weighted by Gasteiger charge is 2.25. The van der Waals surface area contributed by atoms with E-state index in [1.165, 1.54) is 12.1 Å². The number of hydrogen-bond donors (Lipinski definition) is 0. The van der Waals surface area contributed by atoms with Crippen molar-refractivity contribution < 1.29 is 17.9 Å². The molecule has 1 fully saturated rings. The number of amides is 1. The molecule has 3 rings (SSSR count). The van der Waals surface area contributed by atoms with Crippen molar-refractivity contribution in [1.29, 1.82) is 0 Å². The summed E-state index contributed by atoms with van der Waals surface area (Å²) >= 11 is 5.87. The number of sulfone groups is 1. The SMILES string of the molecule is CS(=O)(=O)c1cccc(C(=O)N2CCC(Oc3ccc(Cl)cc3)CC2)c1. The van der Waals surface area contributed by atoms with Crippen LogP contribution in [0.2, 0.25) is 5.02 Å². The molecule has 0 N–H and O–H groups in total. The summed E-state index contributed by atoms with van der Waals surface area (Å²) < 4.78 is 29.3. The molecule has 7 heteroatoms. The molecule has 0 unspecified atom stereocenters. The largest absolute Gasteiger partial charge is 0.490 e. The van der Waals surface area contributed by atoms with Crippen molar-refractivity contribution in [1.82, 2.24) is 4.90 Å². The highest BCUT2D eigenvalue weighted by Crippen LogP contribution is 2.22. The maximum atomic E-state index is 12.7. The average Bonchev–Trinajstić information content (AvgIpc) is 2.63. The van der Waals surface area contributed by atoms with E-state index in [-0.39, 0.29) is 16.9 Å². The Bertz CT molecular complexity index is 888. The van der Waals surface area contributed by atoms with Gasteiger partial charge in [-0.25, -0.2) is 8.42 Å². The van der Waals surface area contributed by atoms with Crippen molar-refractivity contribution in [3.8, 4) is 5.75 Å². The number of ether oxygens (including phenoxy) is 1. The summed E-state index contributed by atoms with van der Waals surface area (Å²) in [6, 6.07) is 13.4. The lowest BCUT2D eigenvalue weighted by Gasteiger charge is -2.32. The van der Waals surface area contributed by atoms with E-state index in [4.69, 9.17) is 16.3 Å². The highest BCUT2D eigenvalue weighted by molar-refractivity contribution is 7.90. The van der Waals surface area contributed by atoms with Gasteiger partial charge in [0.25, 0.3) is 5.91 Å². The Kier molecular flexibility index (Phi) is 5.53. The van der Waals surface area contributed by atoms with Crippen molar-refractivity contribution in [2.24, 2.45) is 0 Å². The van der Waals surface area contributed by atoms with Gasteiger partial charge < -0.3 is 9.64 Å². The lowest BCUT2D eigenvalue weighted by molar-refractivity contribution is 0.0595. The van der Waals surface area contributed by atoms with Gasteiger partial charge in [0, 0.05) is 42.8 Å². The van der Waals surface area contributed by atoms with Gasteiger partial charge in [-0.05, 0) is 42.5 Å². The number of benzene rings is 2. The van der Waals surface area contributed by atoms with Crippen molar-refractivity contribution >= 4 is 27.3 Å². The standard InChI is InChI=1S/C19H20ClNO4S/c1-26(23,24)18-4-2-3-14(13-18)19(22)21-11-9-17(10-12-21)25-16-7-5-15(20)6-8-16/h2-8,13,17H,9-12H2,1H3. The molecule has 1 aliphatic rings. The normalized spacial score (nSPS) is 15.7. The molecular formula is C19H20ClNO4S. The fourth-order valence-electron chi connectivity index (χ4n) is 2.92. The quantitative estimate of drug-likeness (QED) is 0.798. The number of halogens is 1. The van der Waals surface area contributed by atoms with Gasteiger partial charge in [-0.2, -0.15) is 0 Å². The summed E-state index contributed by atoms with van der Waals surface area (Å²) in [7, 11) is -3.34. The minimum atomic E-state index is -3.34. The van der Waals surface area contributed by atoms with Crippen LogP contribution in [0.1, 0.15) is 23.2 Å². The average molecular weight is 394 g/mol. The maximum Gasteiger partial charge on any atom is 0.253 e. The minimum Gasteiger partial charge on any atom is -0.490 e. The second-order valence-corrected chi connectivity index (χ2v) is 8.82. The smallest absolute Gasteiger partial charge is 0.253 e. The Morgan fingerprint density at radius 1 is 1.12 bits per heavy atom. The van der Waals surface area contributed by atoms with Gasteiger partial charge in [0.05, 0.1) is 4.90 Å². The zero-order valence-corrected chi connectivity index (χ0v) is 16.0. The van der Waals surface area contributed by atoms with E-state index < -0.39 is 9.84 Å². The molecule has 5 nitrogen and oxygen atoms in total. The molecule has 1 amide bonds. The molecular weight excluding hydrogens is 374 g/mol. The Balaban J connectivity index is 1.61. The molecule has 0 radical (unpaired) electrons. The van der Waals surface area contributed by atoms with Crippen LogP contribution in [0.25, 0.3) is 0 Å². The first-order valence-corrected chi connectivity index (χ1v) is 10.6. The van der Waals surface area contributed by atoms with Gasteiger partial charge >= 0.3 is 0 Å². The predicted octanol–water partition coefficient (Wildman–Crippen LogP) is 3.43. The number of carbonyl (C=O) groups is 1. The first-order valence-electron chi connectivity index (χ1n) is 8.34. The van der Waals surface area contributed by atoms with Crippen molar-refractivity contribution in [3.05, 3.63) is 59.1 Å². The van der Waals surface area contributed by atoms with Crippen LogP contribution in [0.4, 0.5) is 0 Å². The third-order valence-electron chi connectivity index (χ3n) is 4.35. The van der Waals surface area contributed by atoms with Crippen LogP contribution in [0.15, 0.2) is 53.4 Å². The summed E-state index contributed by atoms with van der Waals surface area (Å²) in [5, 5.41) is 0.661. The summed E-state index contributed by atoms with van der Waals surface area (Å²) in [4.78, 5) is 14.6. The van der Waals surface area contributed by atoms with Crippen molar-refractivity contribution in [2.75, 3.05) is 19.3 Å². The molecule has 0 bridgehead atoms. The molecule has 1 saturated heterocycles. The number of nitrogens with zero attached hydrogens (tertiary/aromatic N) is 1. The van der Waals surface area contributed by atoms with Crippen LogP contribution in [0.3, 0.4) is 0 Å². The van der Waals surface area contributed by atoms with Gasteiger partial charge in [0.15, 0.2) is 9.84 Å². The third-order valence-corrected chi connectivity index (χ3v) is 5.72. The fourth-order valence-corrected chi connectivity index (χ4v) is 3.72. The van der Waals surface area contributed by atoms with E-state index >= 15 is 0 Å². The number of rotatable bonds is 4. The van der Waals surface area contributed by atoms with E-state index in [0.717, 1.165) is 24.8 Å². The number of likely N-dealkylation sites (tertiary alicyclic amines) is 1. The van der Waals surface area contributed by atoms with Crippen LogP contribution >= 0.6 is 11.6 Å². The van der Waals surface area contributed by atoms with E-state index in [1.54, 1.807) is 29.2 Å². The monoisotopic (exact) mass is 393 g/mol. The van der Waals surface area contributed by atoms with Gasteiger partial charge in [-0.3, -0.25) is 4.79 Å². The van der Waals surface area contributed by atoms with E-state index in [0.29, 0.717) is 23.7 Å². The van der Waals surface area contributed by atoms with E-state index in [9.17, 15) is 13.2 Å². The molecule has 26 heavy (non-hydrogen) atoms. The molecule has 0 atom stereocenters. The Morgan fingerprint density at radius 3 is 2.38 bits per heavy atom. The van der Waals surface area contributed by atoms with E-state index in [2.05, 4.69) is 0 Å². The molecule has 2 aromatic carbocycles. The first-order chi connectivity index (χ1) is 12.3. The van der Waals surface area contributed by atoms with Crippen LogP contribution in [-0.4, -0.2) is 44.7 Å². The number of hydrogen-bond acceptors (Lipinski definition) is 4. The van der Waals surface area contributed by atoms with Gasteiger partial charge in [0.1, 0.15) is 11.9 Å². The Labute approximate surface area is 158 Å². The molecule has 1 heterocycles. The Morgan fingerprint density at radius 2 is 1.77 bits per heavy atom. The summed E-state index contributed by atoms with van der Waals surface area (Å²) in [5.41, 5.74) is 0.394. The second kappa shape index (κ2) is 7.68. The molecule has 138 valence electrons. The minimum absolute atomic E-state index is 0.0441. The van der Waals surface area contributed by atoms with Crippen LogP contribution in [0.5, 0.6) is 5.75 Å². The fraction of sp³-hybridized carbons (Fsp3) is 0.316. The van der Waals surface area contributed by atoms with Crippen molar-refractivity contribution in [2.45, 2.75) is 23.8 Å². The Hall–Kier alpha value is -2.05. The number of carbonyl (C=O) groups excluding carboxylic acids is 1. The van der Waals surface area contributed by atoms with Crippen LogP contribution < -0.4 is 4.74 Å². The zero-order valence-electron chi connectivity index (χ0n) is 14.4. The van der Waals surface area contributed by atoms with Crippen molar-refractivity contribution in [3.63, 3.8) is 0 Å². The molecule has 2 aromatic rings. The second-order valence-electron chi connectivity index (χ2n) is 6.36. The molecule has 0 aliphatic carbocycles. The molecule has 0 saturated carbocycles. The first kappa shape index (κ1) is 18.7. The molecule has 0 aromatic heterocycles. The summed E-state index contributed by atoms with van der Waals surface area (Å²) in [5.74, 6) is 0.612.